The molecule has 41 heavy (non-hydrogen) atoms. The van der Waals surface area contributed by atoms with Gasteiger partial charge < -0.3 is 28.3 Å². The quantitative estimate of drug-likeness (QED) is 0.185. The van der Waals surface area contributed by atoms with Gasteiger partial charge in [-0.1, -0.05) is 31.2 Å². The van der Waals surface area contributed by atoms with E-state index in [1.165, 1.54) is 0 Å². The van der Waals surface area contributed by atoms with Crippen LogP contribution in [0.15, 0.2) is 65.1 Å². The molecule has 5 rings (SSSR count). The highest BCUT2D eigenvalue weighted by Gasteiger charge is 2.28. The van der Waals surface area contributed by atoms with Gasteiger partial charge in [0, 0.05) is 49.4 Å². The van der Waals surface area contributed by atoms with Crippen molar-refractivity contribution in [2.45, 2.75) is 52.2 Å². The smallest absolute Gasteiger partial charge is 0.339 e. The first-order valence-corrected chi connectivity index (χ1v) is 14.4. The number of hydrogen-bond donors (Lipinski definition) is 0. The van der Waals surface area contributed by atoms with Crippen LogP contribution < -0.4 is 14.4 Å². The summed E-state index contributed by atoms with van der Waals surface area (Å²) in [4.78, 5) is 16.3. The number of furan rings is 1. The van der Waals surface area contributed by atoms with Crippen LogP contribution in [0.2, 0.25) is 0 Å². The molecule has 1 saturated heterocycles. The summed E-state index contributed by atoms with van der Waals surface area (Å²) >= 11 is 0. The van der Waals surface area contributed by atoms with Gasteiger partial charge in [0.05, 0.1) is 19.8 Å². The highest BCUT2D eigenvalue weighted by Crippen LogP contribution is 2.37. The van der Waals surface area contributed by atoms with E-state index in [9.17, 15) is 4.79 Å². The van der Waals surface area contributed by atoms with E-state index < -0.39 is 0 Å². The zero-order chi connectivity index (χ0) is 28.8. The van der Waals surface area contributed by atoms with Gasteiger partial charge in [-0.05, 0) is 73.2 Å². The van der Waals surface area contributed by atoms with Crippen molar-refractivity contribution in [3.8, 4) is 11.5 Å². The Morgan fingerprint density at radius 1 is 0.902 bits per heavy atom. The molecular weight excluding hydrogens is 518 g/mol. The summed E-state index contributed by atoms with van der Waals surface area (Å²) in [5.41, 5.74) is 5.31. The van der Waals surface area contributed by atoms with Gasteiger partial charge in [0.25, 0.3) is 0 Å². The minimum Gasteiger partial charge on any atom is -0.497 e. The first kappa shape index (κ1) is 28.6. The third-order valence-corrected chi connectivity index (χ3v) is 7.87. The van der Waals surface area contributed by atoms with Crippen LogP contribution in [-0.2, 0) is 28.9 Å². The summed E-state index contributed by atoms with van der Waals surface area (Å²) in [6.07, 6.45) is 3.20. The zero-order valence-electron chi connectivity index (χ0n) is 24.4. The van der Waals surface area contributed by atoms with Gasteiger partial charge in [0.1, 0.15) is 29.4 Å². The fraction of sp³-hybridized carbons (Fsp3) is 0.382. The van der Waals surface area contributed by atoms with Crippen molar-refractivity contribution in [1.82, 2.24) is 0 Å². The monoisotopic (exact) mass is 557 g/mol. The molecule has 0 amide bonds. The molecule has 0 spiro atoms. The molecule has 1 aromatic heterocycles. The van der Waals surface area contributed by atoms with Gasteiger partial charge in [0.2, 0.25) is 0 Å². The normalized spacial score (nSPS) is 13.8. The molecule has 1 aliphatic rings. The molecule has 0 atom stereocenters. The Balaban J connectivity index is 1.54. The minimum atomic E-state index is -0.343. The molecular formula is C34H39NO6. The minimum absolute atomic E-state index is 0.172. The molecule has 7 heteroatoms. The van der Waals surface area contributed by atoms with E-state index in [0.717, 1.165) is 77.6 Å². The van der Waals surface area contributed by atoms with E-state index in [1.54, 1.807) is 14.2 Å². The summed E-state index contributed by atoms with van der Waals surface area (Å²) in [6.45, 7) is 6.75. The fourth-order valence-electron chi connectivity index (χ4n) is 5.71. The molecule has 2 heterocycles. The molecule has 0 aliphatic carbocycles. The number of benzene rings is 3. The second kappa shape index (κ2) is 13.1. The Morgan fingerprint density at radius 2 is 1.54 bits per heavy atom. The van der Waals surface area contributed by atoms with E-state index in [1.807, 2.05) is 54.6 Å². The Kier molecular flexibility index (Phi) is 9.14. The van der Waals surface area contributed by atoms with Crippen molar-refractivity contribution in [1.29, 1.82) is 0 Å². The van der Waals surface area contributed by atoms with Crippen molar-refractivity contribution in [2.24, 2.45) is 0 Å². The molecule has 1 aliphatic heterocycles. The predicted molar refractivity (Wildman–Crippen MR) is 160 cm³/mol. The Morgan fingerprint density at radius 3 is 2.12 bits per heavy atom. The van der Waals surface area contributed by atoms with Crippen LogP contribution in [0.25, 0.3) is 11.0 Å². The van der Waals surface area contributed by atoms with Crippen LogP contribution in [0, 0.1) is 0 Å². The Labute approximate surface area is 242 Å². The molecule has 1 fully saturated rings. The van der Waals surface area contributed by atoms with Crippen LogP contribution >= 0.6 is 0 Å². The molecule has 4 aromatic rings. The van der Waals surface area contributed by atoms with Crippen LogP contribution in [0.4, 0.5) is 5.69 Å². The molecule has 216 valence electrons. The lowest BCUT2D eigenvalue weighted by Crippen LogP contribution is -2.40. The first-order valence-electron chi connectivity index (χ1n) is 14.4. The molecule has 0 unspecified atom stereocenters. The first-order chi connectivity index (χ1) is 20.0. The van der Waals surface area contributed by atoms with Gasteiger partial charge >= 0.3 is 5.97 Å². The lowest BCUT2D eigenvalue weighted by Gasteiger charge is -2.37. The standard InChI is InChI=1S/C34H39NO6/c1-5-29-31(35(6-2)25-15-17-39-18-16-25)21-32-30(20-28(41-32)19-23-7-11-26(37-3)12-8-23)33(29)34(36)40-22-24-9-13-27(38-4)14-10-24/h7-14,20-21,25H,5-6,15-19,22H2,1-4H3. The van der Waals surface area contributed by atoms with Gasteiger partial charge in [-0.2, -0.15) is 0 Å². The van der Waals surface area contributed by atoms with Crippen molar-refractivity contribution in [3.63, 3.8) is 0 Å². The van der Waals surface area contributed by atoms with Crippen LogP contribution in [-0.4, -0.2) is 46.0 Å². The predicted octanol–water partition coefficient (Wildman–Crippen LogP) is 6.97. The average Bonchev–Trinajstić information content (AvgIpc) is 3.42. The zero-order valence-corrected chi connectivity index (χ0v) is 24.4. The maximum atomic E-state index is 13.9. The SMILES string of the molecule is CCc1c(N(CC)C2CCOCC2)cc2oc(Cc3ccc(OC)cc3)cc2c1C(=O)OCc1ccc(OC)cc1. The van der Waals surface area contributed by atoms with E-state index in [-0.39, 0.29) is 12.6 Å². The largest absolute Gasteiger partial charge is 0.497 e. The summed E-state index contributed by atoms with van der Waals surface area (Å²) in [5, 5.41) is 0.789. The van der Waals surface area contributed by atoms with Gasteiger partial charge in [-0.15, -0.1) is 0 Å². The van der Waals surface area contributed by atoms with Crippen LogP contribution in [0.1, 0.15) is 59.5 Å². The maximum absolute atomic E-state index is 13.9. The number of anilines is 1. The second-order valence-electron chi connectivity index (χ2n) is 10.3. The second-order valence-corrected chi connectivity index (χ2v) is 10.3. The van der Waals surface area contributed by atoms with E-state index in [0.29, 0.717) is 30.0 Å². The number of rotatable bonds is 11. The van der Waals surface area contributed by atoms with E-state index in [2.05, 4.69) is 24.8 Å². The van der Waals surface area contributed by atoms with Gasteiger partial charge in [0.15, 0.2) is 0 Å². The van der Waals surface area contributed by atoms with Crippen molar-refractivity contribution in [2.75, 3.05) is 38.9 Å². The van der Waals surface area contributed by atoms with Crippen LogP contribution in [0.5, 0.6) is 11.5 Å². The number of ether oxygens (including phenoxy) is 4. The van der Waals surface area contributed by atoms with Crippen molar-refractivity contribution in [3.05, 3.63) is 88.7 Å². The summed E-state index contributed by atoms with van der Waals surface area (Å²) in [5.74, 6) is 2.02. The number of methoxy groups -OCH3 is 2. The number of hydrogen-bond acceptors (Lipinski definition) is 7. The van der Waals surface area contributed by atoms with Gasteiger partial charge in [-0.3, -0.25) is 0 Å². The molecule has 3 aromatic carbocycles. The van der Waals surface area contributed by atoms with Crippen molar-refractivity contribution >= 4 is 22.6 Å². The van der Waals surface area contributed by atoms with Crippen LogP contribution in [0.3, 0.4) is 0 Å². The van der Waals surface area contributed by atoms with Crippen molar-refractivity contribution < 1.29 is 28.2 Å². The third kappa shape index (κ3) is 6.35. The number of fused-ring (bicyclic) bond motifs is 1. The van der Waals surface area contributed by atoms with E-state index >= 15 is 0 Å². The Bertz CT molecular complexity index is 1450. The Hall–Kier alpha value is -3.97. The number of esters is 1. The highest BCUT2D eigenvalue weighted by atomic mass is 16.5. The highest BCUT2D eigenvalue weighted by molar-refractivity contribution is 6.07. The summed E-state index contributed by atoms with van der Waals surface area (Å²) in [7, 11) is 3.29. The average molecular weight is 558 g/mol. The molecule has 7 nitrogen and oxygen atoms in total. The van der Waals surface area contributed by atoms with Gasteiger partial charge in [-0.25, -0.2) is 4.79 Å². The molecule has 0 N–H and O–H groups in total. The lowest BCUT2D eigenvalue weighted by molar-refractivity contribution is 0.0473. The molecule has 0 bridgehead atoms. The topological polar surface area (TPSA) is 70.4 Å². The molecule has 0 radical (unpaired) electrons. The van der Waals surface area contributed by atoms with E-state index in [4.69, 9.17) is 23.4 Å². The third-order valence-electron chi connectivity index (χ3n) is 7.87. The summed E-state index contributed by atoms with van der Waals surface area (Å²) in [6, 6.07) is 20.0. The number of carbonyl (C=O) groups excluding carboxylic acids is 1. The number of nitrogens with zero attached hydrogens (tertiary/aromatic N) is 1. The fourth-order valence-corrected chi connectivity index (χ4v) is 5.71. The lowest BCUT2D eigenvalue weighted by atomic mass is 9.96. The number of carbonyl (C=O) groups is 1. The molecule has 0 saturated carbocycles. The summed E-state index contributed by atoms with van der Waals surface area (Å²) < 4.78 is 28.6. The maximum Gasteiger partial charge on any atom is 0.339 e.